The first-order chi connectivity index (χ1) is 13.3. The van der Waals surface area contributed by atoms with Crippen molar-refractivity contribution in [2.75, 3.05) is 18.0 Å². The maximum Gasteiger partial charge on any atom is 0.0650 e. The fraction of sp³-hybridized carbons (Fsp3) is 0.240. The molecule has 3 aromatic rings. The molecule has 1 fully saturated rings. The molecule has 0 atom stereocenters. The first-order valence-electron chi connectivity index (χ1n) is 9.85. The molecule has 3 heteroatoms. The molecule has 0 spiro atoms. The van der Waals surface area contributed by atoms with Crippen LogP contribution in [-0.4, -0.2) is 18.1 Å². The van der Waals surface area contributed by atoms with E-state index in [1.807, 2.05) is 12.3 Å². The topological polar surface area (TPSA) is 16.1 Å². The van der Waals surface area contributed by atoms with E-state index in [1.54, 1.807) is 0 Å². The minimum absolute atomic E-state index is 0. The molecule has 0 N–H and O–H groups in total. The van der Waals surface area contributed by atoms with Crippen LogP contribution in [0, 0.1) is 6.92 Å². The Morgan fingerprint density at radius 2 is 1.50 bits per heavy atom. The summed E-state index contributed by atoms with van der Waals surface area (Å²) in [7, 11) is 0. The van der Waals surface area contributed by atoms with Crippen molar-refractivity contribution < 1.29 is 0 Å². The Morgan fingerprint density at radius 3 is 2.21 bits per heavy atom. The first kappa shape index (κ1) is 20.2. The van der Waals surface area contributed by atoms with Gasteiger partial charge in [-0.25, -0.2) is 0 Å². The second-order valence-electron chi connectivity index (χ2n) is 7.26. The predicted octanol–water partition coefficient (Wildman–Crippen LogP) is 6.64. The number of hydrogen-bond acceptors (Lipinski definition) is 2. The van der Waals surface area contributed by atoms with Crippen molar-refractivity contribution in [3.63, 3.8) is 0 Å². The van der Waals surface area contributed by atoms with Gasteiger partial charge < -0.3 is 4.90 Å². The fourth-order valence-corrected chi connectivity index (χ4v) is 3.69. The van der Waals surface area contributed by atoms with Gasteiger partial charge in [-0.3, -0.25) is 4.98 Å². The normalized spacial score (nSPS) is 14.1. The first-order valence-corrected chi connectivity index (χ1v) is 9.85. The number of pyridine rings is 1. The van der Waals surface area contributed by atoms with Crippen LogP contribution in [0.4, 0.5) is 5.69 Å². The van der Waals surface area contributed by atoms with Gasteiger partial charge in [0.1, 0.15) is 0 Å². The predicted molar refractivity (Wildman–Crippen MR) is 123 cm³/mol. The van der Waals surface area contributed by atoms with Gasteiger partial charge >= 0.3 is 0 Å². The summed E-state index contributed by atoms with van der Waals surface area (Å²) in [6.07, 6.45) is 10.2. The van der Waals surface area contributed by atoms with Crippen molar-refractivity contribution in [3.8, 4) is 11.1 Å². The van der Waals surface area contributed by atoms with E-state index in [2.05, 4.69) is 83.6 Å². The molecule has 1 aromatic heterocycles. The van der Waals surface area contributed by atoms with Crippen LogP contribution in [0.1, 0.15) is 36.1 Å². The van der Waals surface area contributed by atoms with E-state index in [-0.39, 0.29) is 12.4 Å². The van der Waals surface area contributed by atoms with Crippen molar-refractivity contribution >= 4 is 30.2 Å². The molecule has 1 aliphatic heterocycles. The molecule has 1 saturated heterocycles. The van der Waals surface area contributed by atoms with Crippen molar-refractivity contribution in [3.05, 3.63) is 83.7 Å². The molecule has 0 radical (unpaired) electrons. The number of aromatic nitrogens is 1. The number of anilines is 1. The monoisotopic (exact) mass is 390 g/mol. The Labute approximate surface area is 174 Å². The summed E-state index contributed by atoms with van der Waals surface area (Å²) in [5, 5.41) is 0. The van der Waals surface area contributed by atoms with Gasteiger partial charge in [-0.1, -0.05) is 60.7 Å². The minimum Gasteiger partial charge on any atom is -0.371 e. The average Bonchev–Trinajstić information content (AvgIpc) is 2.75. The highest BCUT2D eigenvalue weighted by Crippen LogP contribution is 2.25. The maximum absolute atomic E-state index is 4.60. The molecule has 0 unspecified atom stereocenters. The highest BCUT2D eigenvalue weighted by atomic mass is 35.5. The lowest BCUT2D eigenvalue weighted by molar-refractivity contribution is 0.577. The zero-order valence-corrected chi connectivity index (χ0v) is 17.2. The smallest absolute Gasteiger partial charge is 0.0650 e. The van der Waals surface area contributed by atoms with Gasteiger partial charge in [-0.2, -0.15) is 0 Å². The van der Waals surface area contributed by atoms with Gasteiger partial charge in [0.15, 0.2) is 0 Å². The van der Waals surface area contributed by atoms with E-state index in [9.17, 15) is 0 Å². The van der Waals surface area contributed by atoms with Crippen LogP contribution < -0.4 is 4.90 Å². The summed E-state index contributed by atoms with van der Waals surface area (Å²) >= 11 is 0. The molecular weight excluding hydrogens is 364 g/mol. The second kappa shape index (κ2) is 9.57. The number of piperidine rings is 1. The minimum atomic E-state index is 0. The number of halogens is 1. The van der Waals surface area contributed by atoms with Crippen LogP contribution in [0.3, 0.4) is 0 Å². The molecule has 0 saturated carbocycles. The molecule has 2 heterocycles. The summed E-state index contributed by atoms with van der Waals surface area (Å²) in [6, 6.07) is 21.4. The molecular formula is C25H27ClN2. The molecule has 4 rings (SSSR count). The van der Waals surface area contributed by atoms with Crippen LogP contribution in [0.25, 0.3) is 23.3 Å². The summed E-state index contributed by atoms with van der Waals surface area (Å²) in [5.41, 5.74) is 7.31. The zero-order valence-electron chi connectivity index (χ0n) is 16.3. The van der Waals surface area contributed by atoms with Gasteiger partial charge in [0.2, 0.25) is 0 Å². The summed E-state index contributed by atoms with van der Waals surface area (Å²) < 4.78 is 0. The van der Waals surface area contributed by atoms with E-state index < -0.39 is 0 Å². The lowest BCUT2D eigenvalue weighted by Crippen LogP contribution is -2.30. The van der Waals surface area contributed by atoms with E-state index in [0.29, 0.717) is 0 Å². The maximum atomic E-state index is 4.60. The van der Waals surface area contributed by atoms with Crippen LogP contribution in [-0.2, 0) is 0 Å². The summed E-state index contributed by atoms with van der Waals surface area (Å²) in [6.45, 7) is 4.48. The van der Waals surface area contributed by atoms with Gasteiger partial charge in [-0.05, 0) is 60.6 Å². The Kier molecular flexibility index (Phi) is 6.89. The zero-order chi connectivity index (χ0) is 18.5. The van der Waals surface area contributed by atoms with Gasteiger partial charge in [0, 0.05) is 25.0 Å². The number of rotatable bonds is 4. The third kappa shape index (κ3) is 4.82. The molecule has 2 aromatic carbocycles. The summed E-state index contributed by atoms with van der Waals surface area (Å²) in [4.78, 5) is 7.11. The van der Waals surface area contributed by atoms with E-state index in [0.717, 1.165) is 18.8 Å². The third-order valence-corrected chi connectivity index (χ3v) is 5.26. The van der Waals surface area contributed by atoms with Crippen LogP contribution in [0.5, 0.6) is 0 Å². The number of nitrogens with zero attached hydrogens (tertiary/aromatic N) is 2. The van der Waals surface area contributed by atoms with Crippen LogP contribution in [0.2, 0.25) is 0 Å². The lowest BCUT2D eigenvalue weighted by Gasteiger charge is -2.30. The second-order valence-corrected chi connectivity index (χ2v) is 7.26. The van der Waals surface area contributed by atoms with Crippen LogP contribution >= 0.6 is 12.4 Å². The largest absolute Gasteiger partial charge is 0.371 e. The van der Waals surface area contributed by atoms with Crippen molar-refractivity contribution in [2.45, 2.75) is 26.2 Å². The van der Waals surface area contributed by atoms with Gasteiger partial charge in [0.05, 0.1) is 5.69 Å². The standard InChI is InChI=1S/C25H26N2.ClH/c1-20-19-26-24(18-25(20)27-16-6-3-7-17-27)15-12-21-10-13-23(14-11-21)22-8-4-2-5-9-22;/h2,4-5,8-15,18-19H,3,6-7,16-17H2,1H3;1H/b15-12-;. The molecule has 1 aliphatic rings. The van der Waals surface area contributed by atoms with Crippen molar-refractivity contribution in [1.29, 1.82) is 0 Å². The van der Waals surface area contributed by atoms with Gasteiger partial charge in [0.25, 0.3) is 0 Å². The van der Waals surface area contributed by atoms with Gasteiger partial charge in [-0.15, -0.1) is 12.4 Å². The highest BCUT2D eigenvalue weighted by Gasteiger charge is 2.13. The van der Waals surface area contributed by atoms with E-state index in [4.69, 9.17) is 0 Å². The van der Waals surface area contributed by atoms with E-state index >= 15 is 0 Å². The van der Waals surface area contributed by atoms with E-state index in [1.165, 1.54) is 47.2 Å². The molecule has 2 nitrogen and oxygen atoms in total. The van der Waals surface area contributed by atoms with Crippen molar-refractivity contribution in [2.24, 2.45) is 0 Å². The summed E-state index contributed by atoms with van der Waals surface area (Å²) in [5.74, 6) is 0. The third-order valence-electron chi connectivity index (χ3n) is 5.26. The quantitative estimate of drug-likeness (QED) is 0.496. The molecule has 28 heavy (non-hydrogen) atoms. The lowest BCUT2D eigenvalue weighted by atomic mass is 10.0. The number of benzene rings is 2. The number of hydrogen-bond donors (Lipinski definition) is 0. The number of aryl methyl sites for hydroxylation is 1. The highest BCUT2D eigenvalue weighted by molar-refractivity contribution is 5.85. The Morgan fingerprint density at radius 1 is 0.821 bits per heavy atom. The molecule has 144 valence electrons. The molecule has 0 aliphatic carbocycles. The SMILES string of the molecule is Cc1cnc(/C=C\c2ccc(-c3ccccc3)cc2)cc1N1CCCCC1.Cl. The molecule has 0 amide bonds. The average molecular weight is 391 g/mol. The Balaban J connectivity index is 0.00000225. The fourth-order valence-electron chi connectivity index (χ4n) is 3.69. The molecule has 0 bridgehead atoms. The Bertz CT molecular complexity index is 911. The van der Waals surface area contributed by atoms with Crippen molar-refractivity contribution in [1.82, 2.24) is 4.98 Å². The van der Waals surface area contributed by atoms with Crippen LogP contribution in [0.15, 0.2) is 66.9 Å². The Hall–Kier alpha value is -2.58.